The first-order valence-electron chi connectivity index (χ1n) is 10.7. The maximum Gasteiger partial charge on any atom is 0.252 e. The lowest BCUT2D eigenvalue weighted by Crippen LogP contribution is -2.48. The zero-order valence-corrected chi connectivity index (χ0v) is 19.6. The van der Waals surface area contributed by atoms with Crippen molar-refractivity contribution in [1.29, 1.82) is 0 Å². The highest BCUT2D eigenvalue weighted by Gasteiger charge is 2.38. The number of thiophene rings is 1. The van der Waals surface area contributed by atoms with Gasteiger partial charge in [-0.25, -0.2) is 13.4 Å². The predicted octanol–water partition coefficient (Wildman–Crippen LogP) is 4.51. The molecule has 0 spiro atoms. The van der Waals surface area contributed by atoms with E-state index < -0.39 is 10.0 Å². The van der Waals surface area contributed by atoms with Crippen LogP contribution in [0.5, 0.6) is 0 Å². The molecule has 2 saturated heterocycles. The molecule has 0 radical (unpaired) electrons. The maximum atomic E-state index is 13.6. The summed E-state index contributed by atoms with van der Waals surface area (Å²) in [6, 6.07) is 11.5. The molecule has 2 aliphatic rings. The average molecular weight is 476 g/mol. The van der Waals surface area contributed by atoms with Gasteiger partial charge in [0.2, 0.25) is 5.91 Å². The van der Waals surface area contributed by atoms with Crippen LogP contribution in [0.15, 0.2) is 46.0 Å². The number of rotatable bonds is 4. The van der Waals surface area contributed by atoms with E-state index in [1.54, 1.807) is 28.8 Å². The molecule has 0 aliphatic carbocycles. The van der Waals surface area contributed by atoms with E-state index in [1.807, 2.05) is 23.1 Å². The second-order valence-corrected chi connectivity index (χ2v) is 12.4. The van der Waals surface area contributed by atoms with Crippen LogP contribution in [0.2, 0.25) is 0 Å². The molecule has 0 saturated carbocycles. The Morgan fingerprint density at radius 2 is 1.90 bits per heavy atom. The summed E-state index contributed by atoms with van der Waals surface area (Å²) in [6.45, 7) is 1.46. The first-order chi connectivity index (χ1) is 15.0. The van der Waals surface area contributed by atoms with Crippen LogP contribution in [-0.4, -0.2) is 48.1 Å². The zero-order valence-electron chi connectivity index (χ0n) is 17.1. The van der Waals surface area contributed by atoms with Crippen LogP contribution in [0.4, 0.5) is 0 Å². The predicted molar refractivity (Wildman–Crippen MR) is 124 cm³/mol. The van der Waals surface area contributed by atoms with Gasteiger partial charge in [0.1, 0.15) is 9.22 Å². The summed E-state index contributed by atoms with van der Waals surface area (Å²) in [5.74, 6) is -0.214. The van der Waals surface area contributed by atoms with Gasteiger partial charge in [-0.3, -0.25) is 4.79 Å². The fourth-order valence-corrected chi connectivity index (χ4v) is 8.40. The largest absolute Gasteiger partial charge is 0.333 e. The second-order valence-electron chi connectivity index (χ2n) is 8.20. The molecule has 31 heavy (non-hydrogen) atoms. The molecule has 2 aromatic heterocycles. The van der Waals surface area contributed by atoms with Crippen LogP contribution in [0.3, 0.4) is 0 Å². The van der Waals surface area contributed by atoms with Gasteiger partial charge in [0.05, 0.1) is 22.2 Å². The summed E-state index contributed by atoms with van der Waals surface area (Å²) < 4.78 is 29.0. The number of hydrogen-bond donors (Lipinski definition) is 0. The fraction of sp³-hybridized carbons (Fsp3) is 0.455. The Morgan fingerprint density at radius 3 is 2.71 bits per heavy atom. The van der Waals surface area contributed by atoms with E-state index >= 15 is 0 Å². The molecule has 3 aromatic rings. The molecule has 6 nitrogen and oxygen atoms in total. The topological polar surface area (TPSA) is 70.6 Å². The van der Waals surface area contributed by atoms with E-state index in [2.05, 4.69) is 6.07 Å². The third-order valence-corrected chi connectivity index (χ3v) is 10.6. The van der Waals surface area contributed by atoms with Crippen LogP contribution in [0, 0.1) is 5.92 Å². The van der Waals surface area contributed by atoms with Crippen molar-refractivity contribution in [3.8, 4) is 0 Å². The number of hydrogen-bond acceptors (Lipinski definition) is 6. The molecular formula is C22H25N3O3S3. The van der Waals surface area contributed by atoms with E-state index in [0.717, 1.165) is 40.9 Å². The van der Waals surface area contributed by atoms with Crippen LogP contribution < -0.4 is 0 Å². The van der Waals surface area contributed by atoms with Crippen molar-refractivity contribution in [3.05, 3.63) is 46.8 Å². The van der Waals surface area contributed by atoms with E-state index in [1.165, 1.54) is 15.6 Å². The Bertz CT molecular complexity index is 1140. The normalized spacial score (nSPS) is 23.3. The number of benzene rings is 1. The highest BCUT2D eigenvalue weighted by Crippen LogP contribution is 2.37. The fourth-order valence-electron chi connectivity index (χ4n) is 4.62. The van der Waals surface area contributed by atoms with Crippen molar-refractivity contribution >= 4 is 48.8 Å². The van der Waals surface area contributed by atoms with Crippen molar-refractivity contribution in [1.82, 2.24) is 14.2 Å². The second kappa shape index (κ2) is 8.61. The van der Waals surface area contributed by atoms with E-state index in [0.29, 0.717) is 23.7 Å². The van der Waals surface area contributed by atoms with Gasteiger partial charge in [-0.1, -0.05) is 18.2 Å². The molecule has 1 amide bonds. The minimum Gasteiger partial charge on any atom is -0.333 e. The van der Waals surface area contributed by atoms with Crippen LogP contribution in [-0.2, 0) is 14.8 Å². The third kappa shape index (κ3) is 4.04. The van der Waals surface area contributed by atoms with Crippen LogP contribution in [0.1, 0.15) is 43.2 Å². The highest BCUT2D eigenvalue weighted by atomic mass is 32.2. The Labute approximate surface area is 190 Å². The summed E-state index contributed by atoms with van der Waals surface area (Å²) in [5, 5.41) is 2.77. The summed E-state index contributed by atoms with van der Waals surface area (Å²) in [6.07, 6.45) is 4.42. The molecule has 9 heteroatoms. The quantitative estimate of drug-likeness (QED) is 0.557. The smallest absolute Gasteiger partial charge is 0.252 e. The molecule has 2 unspecified atom stereocenters. The lowest BCUT2D eigenvalue weighted by Gasteiger charge is -2.39. The number of piperidine rings is 2. The molecule has 1 aromatic carbocycles. The lowest BCUT2D eigenvalue weighted by atomic mass is 9.94. The number of fused-ring (bicyclic) bond motifs is 1. The Kier molecular flexibility index (Phi) is 5.85. The molecule has 5 rings (SSSR count). The first-order valence-corrected chi connectivity index (χ1v) is 13.9. The van der Waals surface area contributed by atoms with Crippen molar-refractivity contribution in [2.24, 2.45) is 5.92 Å². The summed E-state index contributed by atoms with van der Waals surface area (Å²) in [7, 11) is -3.53. The van der Waals surface area contributed by atoms with Crippen LogP contribution in [0.25, 0.3) is 10.2 Å². The summed E-state index contributed by atoms with van der Waals surface area (Å²) >= 11 is 2.89. The molecule has 0 bridgehead atoms. The number of aromatic nitrogens is 1. The van der Waals surface area contributed by atoms with Crippen molar-refractivity contribution in [2.75, 3.05) is 19.6 Å². The van der Waals surface area contributed by atoms with Crippen molar-refractivity contribution < 1.29 is 13.2 Å². The Morgan fingerprint density at radius 1 is 1.03 bits per heavy atom. The molecular weight excluding hydrogens is 450 g/mol. The van der Waals surface area contributed by atoms with E-state index in [4.69, 9.17) is 4.98 Å². The van der Waals surface area contributed by atoms with E-state index in [9.17, 15) is 13.2 Å². The molecule has 164 valence electrons. The molecule has 4 heterocycles. The van der Waals surface area contributed by atoms with Crippen molar-refractivity contribution in [3.63, 3.8) is 0 Å². The maximum absolute atomic E-state index is 13.6. The summed E-state index contributed by atoms with van der Waals surface area (Å²) in [5.41, 5.74) is 0.978. The van der Waals surface area contributed by atoms with Gasteiger partial charge in [-0.15, -0.1) is 22.7 Å². The third-order valence-electron chi connectivity index (χ3n) is 6.20. The number of sulfonamides is 1. The van der Waals surface area contributed by atoms with Gasteiger partial charge in [-0.05, 0) is 55.7 Å². The van der Waals surface area contributed by atoms with E-state index in [-0.39, 0.29) is 24.4 Å². The number of carbonyl (C=O) groups excluding carboxylic acids is 1. The van der Waals surface area contributed by atoms with Gasteiger partial charge in [0, 0.05) is 19.6 Å². The van der Waals surface area contributed by atoms with Gasteiger partial charge in [0.25, 0.3) is 10.0 Å². The Hall–Kier alpha value is -1.81. The SMILES string of the molecule is O=C(C1CCCN(S(=O)(=O)c2cccs2)C1)N1CCCCC1c1nc2ccccc2s1. The van der Waals surface area contributed by atoms with Gasteiger partial charge in [-0.2, -0.15) is 4.31 Å². The number of likely N-dealkylation sites (tertiary alicyclic amines) is 1. The highest BCUT2D eigenvalue weighted by molar-refractivity contribution is 7.91. The number of nitrogens with zero attached hydrogens (tertiary/aromatic N) is 3. The number of para-hydroxylation sites is 1. The van der Waals surface area contributed by atoms with Gasteiger partial charge >= 0.3 is 0 Å². The van der Waals surface area contributed by atoms with Gasteiger partial charge < -0.3 is 4.90 Å². The summed E-state index contributed by atoms with van der Waals surface area (Å²) in [4.78, 5) is 20.4. The molecule has 2 atom stereocenters. The zero-order chi connectivity index (χ0) is 21.4. The molecule has 2 fully saturated rings. The minimum atomic E-state index is -3.53. The lowest BCUT2D eigenvalue weighted by molar-refractivity contribution is -0.140. The molecule has 0 N–H and O–H groups in total. The van der Waals surface area contributed by atoms with Crippen LogP contribution >= 0.6 is 22.7 Å². The monoisotopic (exact) mass is 475 g/mol. The number of thiazole rings is 1. The number of amides is 1. The number of carbonyl (C=O) groups is 1. The van der Waals surface area contributed by atoms with Crippen molar-refractivity contribution in [2.45, 2.75) is 42.4 Å². The Balaban J connectivity index is 1.37. The average Bonchev–Trinajstić information content (AvgIpc) is 3.49. The first kappa shape index (κ1) is 21.1. The minimum absolute atomic E-state index is 0.0112. The standard InChI is InChI=1S/C22H25N3O3S3/c26-22(16-7-5-12-24(15-16)31(27,28)20-11-6-14-29-20)25-13-4-3-9-18(25)21-23-17-8-1-2-10-19(17)30-21/h1-2,6,8,10-11,14,16,18H,3-5,7,9,12-13,15H2. The van der Waals surface area contributed by atoms with Gasteiger partial charge in [0.15, 0.2) is 0 Å². The molecule has 2 aliphatic heterocycles.